The second kappa shape index (κ2) is 5.10. The van der Waals surface area contributed by atoms with E-state index in [-0.39, 0.29) is 6.71 Å². The Hall–Kier alpha value is -4.12. The summed E-state index contributed by atoms with van der Waals surface area (Å²) in [5, 5.41) is 0. The van der Waals surface area contributed by atoms with Gasteiger partial charge in [-0.25, -0.2) is 9.97 Å². The first-order chi connectivity index (χ1) is 16.2. The molecule has 3 aliphatic heterocycles. The van der Waals surface area contributed by atoms with Crippen LogP contribution in [0.5, 0.6) is 0 Å². The van der Waals surface area contributed by atoms with Crippen molar-refractivity contribution < 1.29 is 0 Å². The van der Waals surface area contributed by atoms with Crippen LogP contribution in [0.2, 0.25) is 0 Å². The molecule has 0 spiro atoms. The maximum Gasteiger partial charge on any atom is 0.253 e. The van der Waals surface area contributed by atoms with Crippen LogP contribution in [0.15, 0.2) is 66.7 Å². The normalized spacial score (nSPS) is 13.7. The SMILES string of the molecule is Cc1nc2ccc3c4c2n1-c1cccc2c1B4c1c(ccc4nc(C)n-2c14)-c1ccccc1-3. The molecule has 0 amide bonds. The van der Waals surface area contributed by atoms with E-state index < -0.39 is 0 Å². The zero-order chi connectivity index (χ0) is 21.6. The molecule has 0 N–H and O–H groups in total. The maximum atomic E-state index is 5.00. The van der Waals surface area contributed by atoms with Gasteiger partial charge in [0.2, 0.25) is 0 Å². The van der Waals surface area contributed by atoms with Crippen LogP contribution >= 0.6 is 0 Å². The summed E-state index contributed by atoms with van der Waals surface area (Å²) in [6.45, 7) is 4.41. The topological polar surface area (TPSA) is 35.6 Å². The van der Waals surface area contributed by atoms with E-state index >= 15 is 0 Å². The van der Waals surface area contributed by atoms with E-state index in [0.29, 0.717) is 0 Å². The second-order valence-corrected chi connectivity index (χ2v) is 9.47. The highest BCUT2D eigenvalue weighted by Gasteiger charge is 2.44. The highest BCUT2D eigenvalue weighted by molar-refractivity contribution is 7.02. The molecule has 0 saturated heterocycles. The van der Waals surface area contributed by atoms with E-state index in [9.17, 15) is 0 Å². The lowest BCUT2D eigenvalue weighted by molar-refractivity contribution is 0.981. The zero-order valence-corrected chi connectivity index (χ0v) is 18.2. The van der Waals surface area contributed by atoms with Gasteiger partial charge in [-0.15, -0.1) is 0 Å². The molecule has 0 bridgehead atoms. The third kappa shape index (κ3) is 1.64. The number of aromatic nitrogens is 4. The average molecular weight is 420 g/mol. The Labute approximate surface area is 190 Å². The second-order valence-electron chi connectivity index (χ2n) is 9.47. The standard InChI is InChI=1S/C28H17BN4/c1-14-30-20-12-10-18-16-6-3-4-7-17(16)19-11-13-21-28-25(19)29-24(18)27(20)32(14)22-8-5-9-23(26(22)29)33(28)15(2)31-21/h3-13H,1-2H3. The lowest BCUT2D eigenvalue weighted by atomic mass is 9.33. The molecule has 0 saturated carbocycles. The van der Waals surface area contributed by atoms with Gasteiger partial charge >= 0.3 is 0 Å². The Morgan fingerprint density at radius 1 is 0.545 bits per heavy atom. The molecular formula is C28H17BN4. The van der Waals surface area contributed by atoms with Gasteiger partial charge in [-0.3, -0.25) is 9.13 Å². The molecule has 0 radical (unpaired) electrons. The minimum Gasteiger partial charge on any atom is -0.297 e. The monoisotopic (exact) mass is 420 g/mol. The summed E-state index contributed by atoms with van der Waals surface area (Å²) < 4.78 is 4.77. The van der Waals surface area contributed by atoms with Crippen molar-refractivity contribution in [3.8, 4) is 33.6 Å². The number of imidazole rings is 2. The first-order valence-electron chi connectivity index (χ1n) is 11.5. The van der Waals surface area contributed by atoms with Crippen LogP contribution in [0.25, 0.3) is 55.7 Å². The van der Waals surface area contributed by atoms with Crippen molar-refractivity contribution in [2.45, 2.75) is 13.8 Å². The molecule has 0 atom stereocenters. The predicted molar refractivity (Wildman–Crippen MR) is 134 cm³/mol. The third-order valence-electron chi connectivity index (χ3n) is 7.97. The molecule has 4 aromatic carbocycles. The molecule has 6 aromatic rings. The molecule has 0 unspecified atom stereocenters. The molecule has 5 heteroatoms. The first-order valence-corrected chi connectivity index (χ1v) is 11.5. The zero-order valence-electron chi connectivity index (χ0n) is 18.2. The van der Waals surface area contributed by atoms with E-state index in [0.717, 1.165) is 22.7 Å². The number of aryl methyl sites for hydroxylation is 2. The third-order valence-corrected chi connectivity index (χ3v) is 7.97. The fourth-order valence-electron chi connectivity index (χ4n) is 6.87. The Kier molecular flexibility index (Phi) is 2.55. The molecule has 152 valence electrons. The number of nitrogens with zero attached hydrogens (tertiary/aromatic N) is 4. The van der Waals surface area contributed by atoms with E-state index in [2.05, 4.69) is 89.7 Å². The van der Waals surface area contributed by atoms with Crippen molar-refractivity contribution >= 4 is 45.2 Å². The van der Waals surface area contributed by atoms with Crippen LogP contribution in [-0.4, -0.2) is 25.8 Å². The molecule has 2 aromatic heterocycles. The smallest absolute Gasteiger partial charge is 0.253 e. The van der Waals surface area contributed by atoms with E-state index in [4.69, 9.17) is 9.97 Å². The lowest BCUT2D eigenvalue weighted by Gasteiger charge is -2.33. The van der Waals surface area contributed by atoms with Crippen molar-refractivity contribution in [1.29, 1.82) is 0 Å². The lowest BCUT2D eigenvalue weighted by Crippen LogP contribution is -2.60. The summed E-state index contributed by atoms with van der Waals surface area (Å²) >= 11 is 0. The van der Waals surface area contributed by atoms with Gasteiger partial charge in [0.05, 0.1) is 22.1 Å². The molecule has 33 heavy (non-hydrogen) atoms. The minimum absolute atomic E-state index is 0.160. The van der Waals surface area contributed by atoms with Crippen LogP contribution in [0, 0.1) is 13.8 Å². The number of rotatable bonds is 0. The number of hydrogen-bond acceptors (Lipinski definition) is 2. The van der Waals surface area contributed by atoms with Gasteiger partial charge < -0.3 is 0 Å². The Morgan fingerprint density at radius 2 is 1.06 bits per heavy atom. The number of hydrogen-bond donors (Lipinski definition) is 0. The van der Waals surface area contributed by atoms with Crippen molar-refractivity contribution in [3.63, 3.8) is 0 Å². The summed E-state index contributed by atoms with van der Waals surface area (Å²) in [7, 11) is 0. The molecule has 0 fully saturated rings. The molecule has 3 aliphatic rings. The Morgan fingerprint density at radius 3 is 1.58 bits per heavy atom. The van der Waals surface area contributed by atoms with Crippen LogP contribution in [0.3, 0.4) is 0 Å². The highest BCUT2D eigenvalue weighted by atomic mass is 15.1. The largest absolute Gasteiger partial charge is 0.297 e. The van der Waals surface area contributed by atoms with Gasteiger partial charge in [-0.05, 0) is 76.8 Å². The molecule has 4 nitrogen and oxygen atoms in total. The van der Waals surface area contributed by atoms with Crippen LogP contribution in [0.1, 0.15) is 11.6 Å². The summed E-state index contributed by atoms with van der Waals surface area (Å²) in [4.78, 5) is 10.00. The van der Waals surface area contributed by atoms with E-state index in [1.807, 2.05) is 0 Å². The average Bonchev–Trinajstić information content (AvgIpc) is 3.32. The predicted octanol–water partition coefficient (Wildman–Crippen LogP) is 3.77. The first kappa shape index (κ1) is 16.5. The van der Waals surface area contributed by atoms with Crippen LogP contribution in [0.4, 0.5) is 0 Å². The number of benzene rings is 4. The molecule has 9 rings (SSSR count). The van der Waals surface area contributed by atoms with Gasteiger partial charge in [0.25, 0.3) is 6.71 Å². The van der Waals surface area contributed by atoms with E-state index in [1.165, 1.54) is 61.1 Å². The fourth-order valence-corrected chi connectivity index (χ4v) is 6.87. The van der Waals surface area contributed by atoms with Gasteiger partial charge in [-0.2, -0.15) is 0 Å². The van der Waals surface area contributed by atoms with E-state index in [1.54, 1.807) is 0 Å². The van der Waals surface area contributed by atoms with Gasteiger partial charge in [0, 0.05) is 11.4 Å². The quantitative estimate of drug-likeness (QED) is 0.350. The van der Waals surface area contributed by atoms with Crippen molar-refractivity contribution in [2.75, 3.05) is 0 Å². The van der Waals surface area contributed by atoms with Crippen LogP contribution in [-0.2, 0) is 0 Å². The fraction of sp³-hybridized carbons (Fsp3) is 0.0714. The summed E-state index contributed by atoms with van der Waals surface area (Å²) in [5.41, 5.74) is 16.5. The highest BCUT2D eigenvalue weighted by Crippen LogP contribution is 2.41. The van der Waals surface area contributed by atoms with Gasteiger partial charge in [0.15, 0.2) is 0 Å². The van der Waals surface area contributed by atoms with Crippen molar-refractivity contribution in [1.82, 2.24) is 19.1 Å². The Bertz CT molecular complexity index is 1770. The minimum atomic E-state index is 0.160. The molecule has 5 heterocycles. The summed E-state index contributed by atoms with van der Waals surface area (Å²) in [6.07, 6.45) is 0. The van der Waals surface area contributed by atoms with Gasteiger partial charge in [0.1, 0.15) is 11.6 Å². The molecule has 0 aliphatic carbocycles. The summed E-state index contributed by atoms with van der Waals surface area (Å²) in [6, 6.07) is 24.6. The van der Waals surface area contributed by atoms with Crippen LogP contribution < -0.4 is 16.4 Å². The van der Waals surface area contributed by atoms with Gasteiger partial charge in [-0.1, -0.05) is 42.5 Å². The van der Waals surface area contributed by atoms with Crippen molar-refractivity contribution in [3.05, 3.63) is 78.4 Å². The maximum absolute atomic E-state index is 5.00. The number of fused-ring (bicyclic) bond motifs is 5. The van der Waals surface area contributed by atoms with Crippen molar-refractivity contribution in [2.24, 2.45) is 0 Å². The Balaban J connectivity index is 1.67. The summed E-state index contributed by atoms with van der Waals surface area (Å²) in [5.74, 6) is 2.07. The molecular weight excluding hydrogens is 403 g/mol.